The van der Waals surface area contributed by atoms with Gasteiger partial charge in [0, 0.05) is 0 Å². The Hall–Kier alpha value is -1.56. The van der Waals surface area contributed by atoms with Gasteiger partial charge in [-0.3, -0.25) is 0 Å². The highest BCUT2D eigenvalue weighted by atomic mass is 14.0. The van der Waals surface area contributed by atoms with E-state index in [2.05, 4.69) is 77.9 Å². The molecule has 2 aromatic rings. The molecule has 0 heterocycles. The van der Waals surface area contributed by atoms with Gasteiger partial charge >= 0.3 is 0 Å². The van der Waals surface area contributed by atoms with Gasteiger partial charge in [0.05, 0.1) is 0 Å². The minimum Gasteiger partial charge on any atom is -0.0613 e. The summed E-state index contributed by atoms with van der Waals surface area (Å²) >= 11 is 0. The van der Waals surface area contributed by atoms with Gasteiger partial charge in [0.1, 0.15) is 0 Å². The van der Waals surface area contributed by atoms with E-state index in [1.807, 2.05) is 0 Å². The molecule has 0 N–H and O–H groups in total. The topological polar surface area (TPSA) is 0 Å². The second kappa shape index (κ2) is 7.89. The van der Waals surface area contributed by atoms with E-state index in [0.717, 1.165) is 12.8 Å². The van der Waals surface area contributed by atoms with Crippen LogP contribution in [0, 0.1) is 27.7 Å². The SMILES string of the molecule is CCc1cc(C)ccc1C.CCc1cc(C)ccc1C. The van der Waals surface area contributed by atoms with Gasteiger partial charge in [0.2, 0.25) is 0 Å². The summed E-state index contributed by atoms with van der Waals surface area (Å²) in [6.07, 6.45) is 2.29. The Morgan fingerprint density at radius 2 is 0.950 bits per heavy atom. The third-order valence-electron chi connectivity index (χ3n) is 3.77. The van der Waals surface area contributed by atoms with E-state index in [0.29, 0.717) is 0 Å². The lowest BCUT2D eigenvalue weighted by Gasteiger charge is -2.02. The Kier molecular flexibility index (Phi) is 6.51. The molecule has 0 nitrogen and oxygen atoms in total. The maximum atomic E-state index is 2.26. The smallest absolute Gasteiger partial charge is 0.0305 e. The zero-order valence-electron chi connectivity index (χ0n) is 13.9. The molecule has 0 fully saturated rings. The average molecular weight is 268 g/mol. The molecule has 0 aliphatic heterocycles. The van der Waals surface area contributed by atoms with Gasteiger partial charge in [-0.2, -0.15) is 0 Å². The van der Waals surface area contributed by atoms with Crippen LogP contribution in [0.25, 0.3) is 0 Å². The minimum atomic E-state index is 1.15. The third-order valence-corrected chi connectivity index (χ3v) is 3.77. The van der Waals surface area contributed by atoms with E-state index < -0.39 is 0 Å². The predicted octanol–water partition coefficient (Wildman–Crippen LogP) is 5.73. The van der Waals surface area contributed by atoms with Crippen LogP contribution < -0.4 is 0 Å². The second-order valence-corrected chi connectivity index (χ2v) is 5.57. The van der Waals surface area contributed by atoms with E-state index in [9.17, 15) is 0 Å². The predicted molar refractivity (Wildman–Crippen MR) is 90.6 cm³/mol. The first-order valence-electron chi connectivity index (χ1n) is 7.60. The molecule has 0 atom stereocenters. The van der Waals surface area contributed by atoms with Crippen LogP contribution in [0.5, 0.6) is 0 Å². The fourth-order valence-electron chi connectivity index (χ4n) is 2.36. The maximum Gasteiger partial charge on any atom is -0.0305 e. The summed E-state index contributed by atoms with van der Waals surface area (Å²) in [5.74, 6) is 0. The minimum absolute atomic E-state index is 1.15. The van der Waals surface area contributed by atoms with E-state index in [1.54, 1.807) is 0 Å². The van der Waals surface area contributed by atoms with Gasteiger partial charge in [0.25, 0.3) is 0 Å². The van der Waals surface area contributed by atoms with E-state index >= 15 is 0 Å². The van der Waals surface area contributed by atoms with E-state index in [1.165, 1.54) is 33.4 Å². The van der Waals surface area contributed by atoms with Gasteiger partial charge < -0.3 is 0 Å². The molecule has 0 unspecified atom stereocenters. The second-order valence-electron chi connectivity index (χ2n) is 5.57. The monoisotopic (exact) mass is 268 g/mol. The van der Waals surface area contributed by atoms with Crippen molar-refractivity contribution in [1.82, 2.24) is 0 Å². The summed E-state index contributed by atoms with van der Waals surface area (Å²) in [5.41, 5.74) is 8.49. The molecule has 0 aromatic heterocycles. The van der Waals surface area contributed by atoms with Crippen molar-refractivity contribution in [2.75, 3.05) is 0 Å². The molecule has 108 valence electrons. The van der Waals surface area contributed by atoms with Crippen LogP contribution in [0.1, 0.15) is 47.2 Å². The highest BCUT2D eigenvalue weighted by molar-refractivity contribution is 5.30. The van der Waals surface area contributed by atoms with Crippen molar-refractivity contribution < 1.29 is 0 Å². The van der Waals surface area contributed by atoms with Crippen LogP contribution in [0.15, 0.2) is 36.4 Å². The molecular weight excluding hydrogens is 240 g/mol. The molecule has 20 heavy (non-hydrogen) atoms. The van der Waals surface area contributed by atoms with Crippen LogP contribution in [-0.4, -0.2) is 0 Å². The van der Waals surface area contributed by atoms with Crippen LogP contribution in [-0.2, 0) is 12.8 Å². The number of benzene rings is 2. The van der Waals surface area contributed by atoms with Crippen molar-refractivity contribution >= 4 is 0 Å². The molecule has 0 radical (unpaired) electrons. The molecule has 2 rings (SSSR count). The Balaban J connectivity index is 0.000000200. The molecule has 0 bridgehead atoms. The standard InChI is InChI=1S/2C10H14/c2*1-4-10-7-8(2)5-6-9(10)3/h2*5-7H,4H2,1-3H3. The van der Waals surface area contributed by atoms with E-state index in [-0.39, 0.29) is 0 Å². The Bertz CT molecular complexity index is 498. The summed E-state index contributed by atoms with van der Waals surface area (Å²) < 4.78 is 0. The van der Waals surface area contributed by atoms with Crippen molar-refractivity contribution in [3.63, 3.8) is 0 Å². The largest absolute Gasteiger partial charge is 0.0613 e. The zero-order chi connectivity index (χ0) is 15.1. The van der Waals surface area contributed by atoms with Gasteiger partial charge in [-0.25, -0.2) is 0 Å². The normalized spacial score (nSPS) is 9.90. The average Bonchev–Trinajstić information content (AvgIpc) is 2.44. The molecule has 2 aromatic carbocycles. The van der Waals surface area contributed by atoms with E-state index in [4.69, 9.17) is 0 Å². The molecule has 0 amide bonds. The van der Waals surface area contributed by atoms with Gasteiger partial charge in [-0.1, -0.05) is 61.4 Å². The first kappa shape index (κ1) is 16.5. The Labute approximate surface area is 124 Å². The zero-order valence-corrected chi connectivity index (χ0v) is 13.9. The van der Waals surface area contributed by atoms with Crippen molar-refractivity contribution in [2.24, 2.45) is 0 Å². The molecule has 0 saturated heterocycles. The van der Waals surface area contributed by atoms with Gasteiger partial charge in [0.15, 0.2) is 0 Å². The maximum absolute atomic E-state index is 2.26. The van der Waals surface area contributed by atoms with Crippen LogP contribution in [0.3, 0.4) is 0 Å². The number of aryl methyl sites for hydroxylation is 6. The van der Waals surface area contributed by atoms with Crippen molar-refractivity contribution in [3.8, 4) is 0 Å². The summed E-state index contributed by atoms with van der Waals surface area (Å²) in [7, 11) is 0. The summed E-state index contributed by atoms with van der Waals surface area (Å²) in [6.45, 7) is 13.0. The highest BCUT2D eigenvalue weighted by Crippen LogP contribution is 2.11. The van der Waals surface area contributed by atoms with Crippen LogP contribution in [0.2, 0.25) is 0 Å². The van der Waals surface area contributed by atoms with Gasteiger partial charge in [-0.15, -0.1) is 0 Å². The summed E-state index contributed by atoms with van der Waals surface area (Å²) in [4.78, 5) is 0. The molecule has 0 aliphatic carbocycles. The fourth-order valence-corrected chi connectivity index (χ4v) is 2.36. The number of hydrogen-bond donors (Lipinski definition) is 0. The fraction of sp³-hybridized carbons (Fsp3) is 0.400. The summed E-state index contributed by atoms with van der Waals surface area (Å²) in [6, 6.07) is 13.2. The number of hydrogen-bond acceptors (Lipinski definition) is 0. The van der Waals surface area contributed by atoms with Crippen molar-refractivity contribution in [1.29, 1.82) is 0 Å². The molecule has 0 heteroatoms. The van der Waals surface area contributed by atoms with Crippen molar-refractivity contribution in [2.45, 2.75) is 54.4 Å². The molecule has 0 aliphatic rings. The Morgan fingerprint density at radius 1 is 0.600 bits per heavy atom. The van der Waals surface area contributed by atoms with Crippen LogP contribution >= 0.6 is 0 Å². The molecule has 0 saturated carbocycles. The van der Waals surface area contributed by atoms with Crippen LogP contribution in [0.4, 0.5) is 0 Å². The lowest BCUT2D eigenvalue weighted by molar-refractivity contribution is 1.10. The molecule has 0 spiro atoms. The lowest BCUT2D eigenvalue weighted by atomic mass is 10.0. The lowest BCUT2D eigenvalue weighted by Crippen LogP contribution is -1.86. The Morgan fingerprint density at radius 3 is 1.20 bits per heavy atom. The van der Waals surface area contributed by atoms with Gasteiger partial charge in [-0.05, 0) is 62.8 Å². The first-order chi connectivity index (χ1) is 9.47. The quantitative estimate of drug-likeness (QED) is 0.652. The number of rotatable bonds is 2. The molecular formula is C20H28. The third kappa shape index (κ3) is 4.85. The highest BCUT2D eigenvalue weighted by Gasteiger charge is 1.94. The summed E-state index contributed by atoms with van der Waals surface area (Å²) in [5, 5.41) is 0. The first-order valence-corrected chi connectivity index (χ1v) is 7.60. The van der Waals surface area contributed by atoms with Crippen molar-refractivity contribution in [3.05, 3.63) is 69.8 Å².